The fourth-order valence-electron chi connectivity index (χ4n) is 3.42. The highest BCUT2D eigenvalue weighted by atomic mass is 32.2. The molecule has 1 atom stereocenters. The second-order valence-corrected chi connectivity index (χ2v) is 8.72. The molecule has 31 heavy (non-hydrogen) atoms. The molecule has 0 amide bonds. The Morgan fingerprint density at radius 1 is 1.06 bits per heavy atom. The number of rotatable bonds is 5. The van der Waals surface area contributed by atoms with Crippen molar-refractivity contribution in [1.82, 2.24) is 9.97 Å². The first kappa shape index (κ1) is 20.8. The molecule has 0 bridgehead atoms. The molecule has 9 heteroatoms. The van der Waals surface area contributed by atoms with Gasteiger partial charge in [0.1, 0.15) is 6.10 Å². The summed E-state index contributed by atoms with van der Waals surface area (Å²) in [5, 5.41) is 11.0. The predicted octanol–water partition coefficient (Wildman–Crippen LogP) is 3.09. The number of benzene rings is 2. The Balaban J connectivity index is 1.91. The number of hydrogen-bond donors (Lipinski definition) is 1. The Morgan fingerprint density at radius 2 is 1.77 bits per heavy atom. The molecule has 8 nitrogen and oxygen atoms in total. The highest BCUT2D eigenvalue weighted by Crippen LogP contribution is 2.46. The standard InChI is InChI=1S/C22H21N3O5S/c1-14-8-10-16(11-9-14)31(27,28)25-18-7-5-4-6-17(18)20(26)19(25)12-15-13-23-22(30-3)24-21(15)29-2/h4-13,20,26H,1-3H3/b19-12+. The minimum absolute atomic E-state index is 0.110. The summed E-state index contributed by atoms with van der Waals surface area (Å²) >= 11 is 0. The average Bonchev–Trinajstić information content (AvgIpc) is 3.06. The molecule has 0 fully saturated rings. The van der Waals surface area contributed by atoms with Crippen molar-refractivity contribution in [2.24, 2.45) is 0 Å². The van der Waals surface area contributed by atoms with Crippen LogP contribution in [0.2, 0.25) is 0 Å². The van der Waals surface area contributed by atoms with Gasteiger partial charge in [0.15, 0.2) is 0 Å². The van der Waals surface area contributed by atoms with Crippen LogP contribution >= 0.6 is 0 Å². The summed E-state index contributed by atoms with van der Waals surface area (Å²) in [7, 11) is -1.14. The van der Waals surface area contributed by atoms with E-state index >= 15 is 0 Å². The maximum Gasteiger partial charge on any atom is 0.319 e. The number of aliphatic hydroxyl groups is 1. The summed E-state index contributed by atoms with van der Waals surface area (Å²) < 4.78 is 38.7. The van der Waals surface area contributed by atoms with Crippen molar-refractivity contribution in [2.75, 3.05) is 18.5 Å². The van der Waals surface area contributed by atoms with Crippen LogP contribution in [0, 0.1) is 6.92 Å². The molecule has 1 N–H and O–H groups in total. The second kappa shape index (κ2) is 8.01. The smallest absolute Gasteiger partial charge is 0.319 e. The molecule has 0 radical (unpaired) electrons. The number of aryl methyl sites for hydroxylation is 1. The lowest BCUT2D eigenvalue weighted by molar-refractivity contribution is 0.223. The molecule has 0 spiro atoms. The Bertz CT molecular complexity index is 1260. The fourth-order valence-corrected chi connectivity index (χ4v) is 4.96. The van der Waals surface area contributed by atoms with Crippen LogP contribution in [0.1, 0.15) is 22.8 Å². The van der Waals surface area contributed by atoms with Gasteiger partial charge in [0, 0.05) is 11.8 Å². The molecule has 1 aliphatic heterocycles. The molecule has 0 aliphatic carbocycles. The van der Waals surface area contributed by atoms with Crippen molar-refractivity contribution in [3.05, 3.63) is 77.1 Å². The van der Waals surface area contributed by atoms with Crippen molar-refractivity contribution in [3.63, 3.8) is 0 Å². The summed E-state index contributed by atoms with van der Waals surface area (Å²) in [6.45, 7) is 1.88. The predicted molar refractivity (Wildman–Crippen MR) is 115 cm³/mol. The van der Waals surface area contributed by atoms with E-state index in [4.69, 9.17) is 9.47 Å². The van der Waals surface area contributed by atoms with E-state index in [1.54, 1.807) is 48.5 Å². The number of aromatic nitrogens is 2. The van der Waals surface area contributed by atoms with E-state index in [2.05, 4.69) is 9.97 Å². The van der Waals surface area contributed by atoms with Gasteiger partial charge >= 0.3 is 6.01 Å². The first-order valence-electron chi connectivity index (χ1n) is 9.42. The summed E-state index contributed by atoms with van der Waals surface area (Å²) in [6, 6.07) is 13.5. The molecule has 2 heterocycles. The SMILES string of the molecule is COc1ncc(/C=C2\C(O)c3ccccc3N2S(=O)(=O)c2ccc(C)cc2)c(OC)n1. The maximum absolute atomic E-state index is 13.6. The zero-order valence-corrected chi connectivity index (χ0v) is 18.0. The van der Waals surface area contributed by atoms with Crippen LogP contribution in [-0.4, -0.2) is 37.7 Å². The number of ether oxygens (including phenoxy) is 2. The van der Waals surface area contributed by atoms with E-state index in [0.29, 0.717) is 16.8 Å². The van der Waals surface area contributed by atoms with Crippen LogP contribution in [0.3, 0.4) is 0 Å². The first-order chi connectivity index (χ1) is 14.9. The lowest BCUT2D eigenvalue weighted by Crippen LogP contribution is -2.28. The zero-order valence-electron chi connectivity index (χ0n) is 17.2. The third-order valence-corrected chi connectivity index (χ3v) is 6.72. The Labute approximate surface area is 180 Å². The number of nitrogens with zero attached hydrogens (tertiary/aromatic N) is 3. The van der Waals surface area contributed by atoms with Crippen LogP contribution in [-0.2, 0) is 10.0 Å². The van der Waals surface area contributed by atoms with Crippen LogP contribution < -0.4 is 13.8 Å². The zero-order chi connectivity index (χ0) is 22.2. The van der Waals surface area contributed by atoms with Crippen LogP contribution in [0.4, 0.5) is 5.69 Å². The molecule has 2 aromatic carbocycles. The van der Waals surface area contributed by atoms with E-state index in [0.717, 1.165) is 9.87 Å². The number of aliphatic hydroxyl groups excluding tert-OH is 1. The Kier molecular flexibility index (Phi) is 5.38. The Morgan fingerprint density at radius 3 is 2.45 bits per heavy atom. The Hall–Kier alpha value is -3.43. The van der Waals surface area contributed by atoms with Gasteiger partial charge in [-0.05, 0) is 31.2 Å². The first-order valence-corrected chi connectivity index (χ1v) is 10.9. The van der Waals surface area contributed by atoms with Crippen molar-refractivity contribution in [2.45, 2.75) is 17.9 Å². The topological polar surface area (TPSA) is 102 Å². The minimum Gasteiger partial charge on any atom is -0.480 e. The third-order valence-electron chi connectivity index (χ3n) is 4.96. The van der Waals surface area contributed by atoms with Gasteiger partial charge in [-0.15, -0.1) is 0 Å². The number of sulfonamides is 1. The maximum atomic E-state index is 13.6. The summed E-state index contributed by atoms with van der Waals surface area (Å²) in [5.74, 6) is 0.190. The van der Waals surface area contributed by atoms with Gasteiger partial charge in [0.25, 0.3) is 10.0 Å². The van der Waals surface area contributed by atoms with E-state index in [-0.39, 0.29) is 22.5 Å². The molecular formula is C22H21N3O5S. The summed E-state index contributed by atoms with van der Waals surface area (Å²) in [4.78, 5) is 8.32. The number of hydrogen-bond acceptors (Lipinski definition) is 7. The highest BCUT2D eigenvalue weighted by Gasteiger charge is 2.40. The van der Waals surface area contributed by atoms with Gasteiger partial charge in [-0.3, -0.25) is 0 Å². The van der Waals surface area contributed by atoms with E-state index in [1.165, 1.54) is 26.5 Å². The van der Waals surface area contributed by atoms with Crippen molar-refractivity contribution >= 4 is 21.8 Å². The van der Waals surface area contributed by atoms with Crippen molar-refractivity contribution in [3.8, 4) is 11.9 Å². The average molecular weight is 439 g/mol. The second-order valence-electron chi connectivity index (χ2n) is 6.93. The minimum atomic E-state index is -4.00. The number of methoxy groups -OCH3 is 2. The molecule has 1 aromatic heterocycles. The van der Waals surface area contributed by atoms with E-state index < -0.39 is 16.1 Å². The molecule has 3 aromatic rings. The summed E-state index contributed by atoms with van der Waals surface area (Å²) in [5.41, 5.74) is 2.35. The molecule has 4 rings (SSSR count). The molecule has 0 saturated carbocycles. The highest BCUT2D eigenvalue weighted by molar-refractivity contribution is 7.93. The van der Waals surface area contributed by atoms with Crippen LogP contribution in [0.15, 0.2) is 65.3 Å². The van der Waals surface area contributed by atoms with Gasteiger partial charge < -0.3 is 14.6 Å². The van der Waals surface area contributed by atoms with Crippen molar-refractivity contribution < 1.29 is 23.0 Å². The molecule has 1 unspecified atom stereocenters. The van der Waals surface area contributed by atoms with Crippen molar-refractivity contribution in [1.29, 1.82) is 0 Å². The molecular weight excluding hydrogens is 418 g/mol. The van der Waals surface area contributed by atoms with Gasteiger partial charge in [-0.1, -0.05) is 35.9 Å². The third kappa shape index (κ3) is 3.62. The molecule has 1 aliphatic rings. The van der Waals surface area contributed by atoms with E-state index in [9.17, 15) is 13.5 Å². The molecule has 160 valence electrons. The van der Waals surface area contributed by atoms with Crippen LogP contribution in [0.25, 0.3) is 6.08 Å². The lowest BCUT2D eigenvalue weighted by Gasteiger charge is -2.22. The number of para-hydroxylation sites is 1. The van der Waals surface area contributed by atoms with Gasteiger partial charge in [-0.25, -0.2) is 17.7 Å². The monoisotopic (exact) mass is 439 g/mol. The normalized spacial score (nSPS) is 17.0. The quantitative estimate of drug-likeness (QED) is 0.652. The fraction of sp³-hybridized carbons (Fsp3) is 0.182. The molecule has 0 saturated heterocycles. The van der Waals surface area contributed by atoms with Crippen LogP contribution in [0.5, 0.6) is 11.9 Å². The van der Waals surface area contributed by atoms with Gasteiger partial charge in [0.2, 0.25) is 5.88 Å². The number of anilines is 1. The van der Waals surface area contributed by atoms with Gasteiger partial charge in [-0.2, -0.15) is 4.98 Å². The summed E-state index contributed by atoms with van der Waals surface area (Å²) in [6.07, 6.45) is 1.79. The lowest BCUT2D eigenvalue weighted by atomic mass is 10.1. The van der Waals surface area contributed by atoms with Gasteiger partial charge in [0.05, 0.1) is 36.1 Å². The number of fused-ring (bicyclic) bond motifs is 1. The van der Waals surface area contributed by atoms with E-state index in [1.807, 2.05) is 6.92 Å². The largest absolute Gasteiger partial charge is 0.480 e.